The number of hydrogen-bond donors (Lipinski definition) is 0. The zero-order chi connectivity index (χ0) is 13.7. The number of hydrogen-bond acceptors (Lipinski definition) is 3. The molecule has 3 nitrogen and oxygen atoms in total. The molecule has 0 unspecified atom stereocenters. The van der Waals surface area contributed by atoms with Crippen LogP contribution in [0.5, 0.6) is 5.75 Å². The highest BCUT2D eigenvalue weighted by molar-refractivity contribution is 5.68. The van der Waals surface area contributed by atoms with Crippen molar-refractivity contribution < 1.29 is 4.74 Å². The van der Waals surface area contributed by atoms with Gasteiger partial charge in [0, 0.05) is 6.20 Å². The monoisotopic (exact) mass is 254 g/mol. The number of rotatable bonds is 4. The van der Waals surface area contributed by atoms with Crippen LogP contribution in [0.15, 0.2) is 36.5 Å². The van der Waals surface area contributed by atoms with E-state index < -0.39 is 0 Å². The van der Waals surface area contributed by atoms with E-state index in [0.717, 1.165) is 17.0 Å². The molecule has 0 saturated heterocycles. The number of nitrogens with zero attached hydrogens (tertiary/aromatic N) is 2. The second-order valence-corrected chi connectivity index (χ2v) is 4.64. The Labute approximate surface area is 114 Å². The van der Waals surface area contributed by atoms with E-state index in [4.69, 9.17) is 4.74 Å². The Balaban J connectivity index is 2.25. The van der Waals surface area contributed by atoms with Gasteiger partial charge in [0.2, 0.25) is 0 Å². The first-order valence-corrected chi connectivity index (χ1v) is 6.34. The molecule has 0 saturated carbocycles. The molecule has 0 bridgehead atoms. The standard InChI is InChI=1S/C16H18N2O/c1-12(2)15-9-7-13(11-16(15)19-3)6-8-14-5-4-10-17-18-14/h4-12H,1-3H3/b8-6+. The van der Waals surface area contributed by atoms with E-state index >= 15 is 0 Å². The molecule has 0 aliphatic heterocycles. The smallest absolute Gasteiger partial charge is 0.122 e. The van der Waals surface area contributed by atoms with Crippen molar-refractivity contribution in [2.24, 2.45) is 0 Å². The number of benzene rings is 1. The van der Waals surface area contributed by atoms with Crippen LogP contribution in [-0.4, -0.2) is 17.3 Å². The summed E-state index contributed by atoms with van der Waals surface area (Å²) in [4.78, 5) is 0. The maximum Gasteiger partial charge on any atom is 0.122 e. The summed E-state index contributed by atoms with van der Waals surface area (Å²) in [5, 5.41) is 7.86. The van der Waals surface area contributed by atoms with Crippen LogP contribution in [0.2, 0.25) is 0 Å². The highest BCUT2D eigenvalue weighted by atomic mass is 16.5. The maximum atomic E-state index is 5.44. The van der Waals surface area contributed by atoms with Gasteiger partial charge in [0.1, 0.15) is 5.75 Å². The van der Waals surface area contributed by atoms with Gasteiger partial charge in [0.15, 0.2) is 0 Å². The van der Waals surface area contributed by atoms with Crippen molar-refractivity contribution in [3.05, 3.63) is 53.3 Å². The first-order valence-electron chi connectivity index (χ1n) is 6.34. The molecule has 0 N–H and O–H groups in total. The van der Waals surface area contributed by atoms with Crippen molar-refractivity contribution in [3.8, 4) is 5.75 Å². The molecule has 0 aliphatic rings. The molecule has 0 amide bonds. The third-order valence-electron chi connectivity index (χ3n) is 2.92. The van der Waals surface area contributed by atoms with E-state index in [0.29, 0.717) is 5.92 Å². The predicted molar refractivity (Wildman–Crippen MR) is 78.0 cm³/mol. The molecular formula is C16H18N2O. The minimum atomic E-state index is 0.452. The molecular weight excluding hydrogens is 236 g/mol. The van der Waals surface area contributed by atoms with Gasteiger partial charge < -0.3 is 4.74 Å². The molecule has 1 aromatic carbocycles. The second-order valence-electron chi connectivity index (χ2n) is 4.64. The number of aromatic nitrogens is 2. The second kappa shape index (κ2) is 6.14. The lowest BCUT2D eigenvalue weighted by Gasteiger charge is -2.12. The van der Waals surface area contributed by atoms with Crippen LogP contribution in [0.1, 0.15) is 36.6 Å². The van der Waals surface area contributed by atoms with Crippen molar-refractivity contribution >= 4 is 12.2 Å². The van der Waals surface area contributed by atoms with Crippen LogP contribution in [0, 0.1) is 0 Å². The maximum absolute atomic E-state index is 5.44. The van der Waals surface area contributed by atoms with Gasteiger partial charge in [0.05, 0.1) is 12.8 Å². The molecule has 2 rings (SSSR count). The topological polar surface area (TPSA) is 35.0 Å². The molecule has 0 spiro atoms. The Morgan fingerprint density at radius 1 is 1.16 bits per heavy atom. The third-order valence-corrected chi connectivity index (χ3v) is 2.92. The fourth-order valence-corrected chi connectivity index (χ4v) is 1.89. The molecule has 0 radical (unpaired) electrons. The first kappa shape index (κ1) is 13.3. The van der Waals surface area contributed by atoms with Crippen molar-refractivity contribution in [1.82, 2.24) is 10.2 Å². The fraction of sp³-hybridized carbons (Fsp3) is 0.250. The van der Waals surface area contributed by atoms with E-state index in [1.54, 1.807) is 13.3 Å². The number of ether oxygens (including phenoxy) is 1. The molecule has 1 aromatic heterocycles. The summed E-state index contributed by atoms with van der Waals surface area (Å²) in [6.07, 6.45) is 5.62. The Morgan fingerprint density at radius 3 is 2.63 bits per heavy atom. The average molecular weight is 254 g/mol. The average Bonchev–Trinajstić information content (AvgIpc) is 2.45. The van der Waals surface area contributed by atoms with Crippen LogP contribution in [-0.2, 0) is 0 Å². The summed E-state index contributed by atoms with van der Waals surface area (Å²) in [6.45, 7) is 4.32. The SMILES string of the molecule is COc1cc(/C=C/c2cccnn2)ccc1C(C)C. The van der Waals surface area contributed by atoms with E-state index in [2.05, 4.69) is 36.2 Å². The minimum absolute atomic E-state index is 0.452. The summed E-state index contributed by atoms with van der Waals surface area (Å²) in [6, 6.07) is 10.0. The highest BCUT2D eigenvalue weighted by Crippen LogP contribution is 2.27. The van der Waals surface area contributed by atoms with Gasteiger partial charge in [-0.3, -0.25) is 0 Å². The van der Waals surface area contributed by atoms with Gasteiger partial charge in [-0.15, -0.1) is 0 Å². The third kappa shape index (κ3) is 3.41. The van der Waals surface area contributed by atoms with Crippen LogP contribution >= 0.6 is 0 Å². The molecule has 19 heavy (non-hydrogen) atoms. The summed E-state index contributed by atoms with van der Waals surface area (Å²) in [5.41, 5.74) is 3.15. The highest BCUT2D eigenvalue weighted by Gasteiger charge is 2.06. The largest absolute Gasteiger partial charge is 0.496 e. The molecule has 0 atom stereocenters. The Bertz CT molecular complexity index is 562. The van der Waals surface area contributed by atoms with Gasteiger partial charge >= 0.3 is 0 Å². The van der Waals surface area contributed by atoms with E-state index in [9.17, 15) is 0 Å². The lowest BCUT2D eigenvalue weighted by atomic mass is 10.00. The molecule has 1 heterocycles. The molecule has 98 valence electrons. The van der Waals surface area contributed by atoms with Gasteiger partial charge in [-0.1, -0.05) is 32.1 Å². The van der Waals surface area contributed by atoms with E-state index in [1.807, 2.05) is 30.4 Å². The van der Waals surface area contributed by atoms with E-state index in [1.165, 1.54) is 5.56 Å². The summed E-state index contributed by atoms with van der Waals surface area (Å²) >= 11 is 0. The number of methoxy groups -OCH3 is 1. The zero-order valence-electron chi connectivity index (χ0n) is 11.5. The van der Waals surface area contributed by atoms with Crippen LogP contribution in [0.4, 0.5) is 0 Å². The Hall–Kier alpha value is -2.16. The van der Waals surface area contributed by atoms with Crippen LogP contribution in [0.3, 0.4) is 0 Å². The lowest BCUT2D eigenvalue weighted by Crippen LogP contribution is -1.94. The summed E-state index contributed by atoms with van der Waals surface area (Å²) in [5.74, 6) is 1.38. The molecule has 3 heteroatoms. The Morgan fingerprint density at radius 2 is 2.00 bits per heavy atom. The van der Waals surface area contributed by atoms with Crippen molar-refractivity contribution in [2.45, 2.75) is 19.8 Å². The fourth-order valence-electron chi connectivity index (χ4n) is 1.89. The van der Waals surface area contributed by atoms with Crippen molar-refractivity contribution in [3.63, 3.8) is 0 Å². The molecule has 2 aromatic rings. The van der Waals surface area contributed by atoms with E-state index in [-0.39, 0.29) is 0 Å². The predicted octanol–water partition coefficient (Wildman–Crippen LogP) is 3.78. The molecule has 0 fully saturated rings. The van der Waals surface area contributed by atoms with Crippen LogP contribution in [0.25, 0.3) is 12.2 Å². The van der Waals surface area contributed by atoms with Crippen molar-refractivity contribution in [1.29, 1.82) is 0 Å². The van der Waals surface area contributed by atoms with Gasteiger partial charge in [-0.25, -0.2) is 0 Å². The Kier molecular flexibility index (Phi) is 4.29. The summed E-state index contributed by atoms with van der Waals surface area (Å²) < 4.78 is 5.44. The zero-order valence-corrected chi connectivity index (χ0v) is 11.5. The summed E-state index contributed by atoms with van der Waals surface area (Å²) in [7, 11) is 1.71. The van der Waals surface area contributed by atoms with Crippen molar-refractivity contribution in [2.75, 3.05) is 7.11 Å². The minimum Gasteiger partial charge on any atom is -0.496 e. The van der Waals surface area contributed by atoms with Gasteiger partial charge in [-0.2, -0.15) is 10.2 Å². The lowest BCUT2D eigenvalue weighted by molar-refractivity contribution is 0.407. The van der Waals surface area contributed by atoms with Crippen LogP contribution < -0.4 is 4.74 Å². The molecule has 0 aliphatic carbocycles. The van der Waals surface area contributed by atoms with Gasteiger partial charge in [-0.05, 0) is 41.3 Å². The quantitative estimate of drug-likeness (QED) is 0.832. The van der Waals surface area contributed by atoms with Gasteiger partial charge in [0.25, 0.3) is 0 Å². The first-order chi connectivity index (χ1) is 9.20. The normalized spacial score (nSPS) is 11.2.